The van der Waals surface area contributed by atoms with E-state index in [4.69, 9.17) is 4.74 Å². The van der Waals surface area contributed by atoms with E-state index in [2.05, 4.69) is 5.32 Å². The van der Waals surface area contributed by atoms with Crippen LogP contribution < -0.4 is 10.1 Å². The van der Waals surface area contributed by atoms with Crippen molar-refractivity contribution in [3.8, 4) is 5.75 Å². The van der Waals surface area contributed by atoms with Crippen LogP contribution in [0.5, 0.6) is 5.75 Å². The number of hydrogen-bond acceptors (Lipinski definition) is 4. The molecule has 30 heavy (non-hydrogen) atoms. The first-order valence-electron chi connectivity index (χ1n) is 10.4. The molecule has 2 aromatic carbocycles. The largest absolute Gasteiger partial charge is 0.497 e. The Morgan fingerprint density at radius 1 is 1.03 bits per heavy atom. The van der Waals surface area contributed by atoms with Crippen LogP contribution in [0.1, 0.15) is 31.4 Å². The highest BCUT2D eigenvalue weighted by Gasteiger charge is 2.27. The van der Waals surface area contributed by atoms with E-state index < -0.39 is 6.04 Å². The van der Waals surface area contributed by atoms with Gasteiger partial charge in [-0.15, -0.1) is 11.8 Å². The fourth-order valence-electron chi connectivity index (χ4n) is 3.25. The van der Waals surface area contributed by atoms with Crippen molar-refractivity contribution in [3.05, 3.63) is 65.7 Å². The quantitative estimate of drug-likeness (QED) is 0.557. The Bertz CT molecular complexity index is 781. The van der Waals surface area contributed by atoms with Crippen LogP contribution in [-0.4, -0.2) is 48.7 Å². The van der Waals surface area contributed by atoms with Gasteiger partial charge in [0, 0.05) is 18.8 Å². The molecule has 2 rings (SSSR count). The Morgan fingerprint density at radius 3 is 2.33 bits per heavy atom. The zero-order valence-corrected chi connectivity index (χ0v) is 18.9. The van der Waals surface area contributed by atoms with Crippen LogP contribution in [0.3, 0.4) is 0 Å². The molecule has 1 N–H and O–H groups in total. The van der Waals surface area contributed by atoms with Crippen molar-refractivity contribution in [2.45, 2.75) is 38.5 Å². The molecule has 0 bridgehead atoms. The zero-order chi connectivity index (χ0) is 21.8. The third-order valence-electron chi connectivity index (χ3n) is 4.87. The molecular formula is C24H32N2O3S. The van der Waals surface area contributed by atoms with E-state index in [9.17, 15) is 9.59 Å². The van der Waals surface area contributed by atoms with Crippen molar-refractivity contribution >= 4 is 23.6 Å². The summed E-state index contributed by atoms with van der Waals surface area (Å²) in [7, 11) is 1.64. The standard InChI is InChI=1S/C24H32N2O3S/c1-4-22(24(28)25-5-2)26(16-15-19-9-7-6-8-10-19)23(27)18-30-17-20-11-13-21(29-3)14-12-20/h6-14,22H,4-5,15-18H2,1-3H3,(H,25,28)/t22-/m0/s1. The lowest BCUT2D eigenvalue weighted by molar-refractivity contribution is -0.138. The van der Waals surface area contributed by atoms with Crippen LogP contribution in [0.25, 0.3) is 0 Å². The van der Waals surface area contributed by atoms with Gasteiger partial charge in [0.2, 0.25) is 11.8 Å². The molecule has 0 saturated carbocycles. The first-order chi connectivity index (χ1) is 14.6. The van der Waals surface area contributed by atoms with Gasteiger partial charge in [-0.05, 0) is 43.0 Å². The number of carbonyl (C=O) groups is 2. The summed E-state index contributed by atoms with van der Waals surface area (Å²) >= 11 is 1.57. The summed E-state index contributed by atoms with van der Waals surface area (Å²) < 4.78 is 5.18. The minimum atomic E-state index is -0.442. The lowest BCUT2D eigenvalue weighted by Gasteiger charge is -2.30. The number of amides is 2. The van der Waals surface area contributed by atoms with Gasteiger partial charge in [0.25, 0.3) is 0 Å². The summed E-state index contributed by atoms with van der Waals surface area (Å²) in [5.74, 6) is 1.82. The van der Waals surface area contributed by atoms with E-state index in [0.29, 0.717) is 25.3 Å². The minimum Gasteiger partial charge on any atom is -0.497 e. The van der Waals surface area contributed by atoms with Gasteiger partial charge in [0.1, 0.15) is 11.8 Å². The molecular weight excluding hydrogens is 396 g/mol. The topological polar surface area (TPSA) is 58.6 Å². The second-order valence-corrected chi connectivity index (χ2v) is 7.97. The van der Waals surface area contributed by atoms with Crippen molar-refractivity contribution in [1.82, 2.24) is 10.2 Å². The Labute approximate surface area is 184 Å². The SMILES string of the molecule is CCNC(=O)[C@H](CC)N(CCc1ccccc1)C(=O)CSCc1ccc(OC)cc1. The van der Waals surface area contributed by atoms with Gasteiger partial charge in [-0.3, -0.25) is 9.59 Å². The Hall–Kier alpha value is -2.47. The first kappa shape index (κ1) is 23.8. The number of methoxy groups -OCH3 is 1. The highest BCUT2D eigenvalue weighted by atomic mass is 32.2. The summed E-state index contributed by atoms with van der Waals surface area (Å²) in [6.45, 7) is 4.93. The average Bonchev–Trinajstić information content (AvgIpc) is 2.77. The van der Waals surface area contributed by atoms with Gasteiger partial charge < -0.3 is 15.0 Å². The van der Waals surface area contributed by atoms with Crippen molar-refractivity contribution in [2.24, 2.45) is 0 Å². The number of likely N-dealkylation sites (N-methyl/N-ethyl adjacent to an activating group) is 1. The Balaban J connectivity index is 2.01. The van der Waals surface area contributed by atoms with Crippen LogP contribution in [0.15, 0.2) is 54.6 Å². The highest BCUT2D eigenvalue weighted by molar-refractivity contribution is 7.99. The predicted octanol–water partition coefficient (Wildman–Crippen LogP) is 3.91. The van der Waals surface area contributed by atoms with Crippen LogP contribution in [0.4, 0.5) is 0 Å². The number of hydrogen-bond donors (Lipinski definition) is 1. The number of nitrogens with one attached hydrogen (secondary N) is 1. The minimum absolute atomic E-state index is 0.00236. The third kappa shape index (κ3) is 7.41. The molecule has 5 nitrogen and oxygen atoms in total. The molecule has 2 amide bonds. The number of benzene rings is 2. The van der Waals surface area contributed by atoms with E-state index >= 15 is 0 Å². The summed E-state index contributed by atoms with van der Waals surface area (Å²) in [4.78, 5) is 27.4. The van der Waals surface area contributed by atoms with E-state index in [-0.39, 0.29) is 11.8 Å². The normalized spacial score (nSPS) is 11.6. The maximum atomic E-state index is 13.1. The monoisotopic (exact) mass is 428 g/mol. The molecule has 0 aromatic heterocycles. The lowest BCUT2D eigenvalue weighted by atomic mass is 10.1. The fourth-order valence-corrected chi connectivity index (χ4v) is 4.12. The summed E-state index contributed by atoms with van der Waals surface area (Å²) in [5, 5.41) is 2.87. The second-order valence-electron chi connectivity index (χ2n) is 6.98. The van der Waals surface area contributed by atoms with Crippen molar-refractivity contribution in [3.63, 3.8) is 0 Å². The smallest absolute Gasteiger partial charge is 0.242 e. The van der Waals surface area contributed by atoms with E-state index in [1.54, 1.807) is 23.8 Å². The van der Waals surface area contributed by atoms with E-state index in [1.807, 2.05) is 68.4 Å². The highest BCUT2D eigenvalue weighted by Crippen LogP contribution is 2.18. The zero-order valence-electron chi connectivity index (χ0n) is 18.1. The second kappa shape index (κ2) is 13.0. The molecule has 0 unspecified atom stereocenters. The van der Waals surface area contributed by atoms with E-state index in [1.165, 1.54) is 0 Å². The summed E-state index contributed by atoms with van der Waals surface area (Å²) in [6, 6.07) is 17.5. The predicted molar refractivity (Wildman–Crippen MR) is 124 cm³/mol. The van der Waals surface area contributed by atoms with Crippen LogP contribution in [0, 0.1) is 0 Å². The Kier molecular flexibility index (Phi) is 10.3. The van der Waals surface area contributed by atoms with Gasteiger partial charge in [-0.25, -0.2) is 0 Å². The van der Waals surface area contributed by atoms with Crippen molar-refractivity contribution < 1.29 is 14.3 Å². The van der Waals surface area contributed by atoms with Gasteiger partial charge in [-0.1, -0.05) is 49.4 Å². The lowest BCUT2D eigenvalue weighted by Crippen LogP contribution is -2.50. The first-order valence-corrected chi connectivity index (χ1v) is 11.6. The number of nitrogens with zero attached hydrogens (tertiary/aromatic N) is 1. The number of thioether (sulfide) groups is 1. The van der Waals surface area contributed by atoms with Crippen LogP contribution >= 0.6 is 11.8 Å². The molecule has 0 aliphatic rings. The molecule has 0 spiro atoms. The Morgan fingerprint density at radius 2 is 1.73 bits per heavy atom. The average molecular weight is 429 g/mol. The molecule has 0 fully saturated rings. The van der Waals surface area contributed by atoms with Crippen molar-refractivity contribution in [1.29, 1.82) is 0 Å². The molecule has 2 aromatic rings. The molecule has 162 valence electrons. The van der Waals surface area contributed by atoms with Crippen LogP contribution in [0.2, 0.25) is 0 Å². The van der Waals surface area contributed by atoms with Crippen LogP contribution in [-0.2, 0) is 21.8 Å². The van der Waals surface area contributed by atoms with Gasteiger partial charge in [-0.2, -0.15) is 0 Å². The summed E-state index contributed by atoms with van der Waals surface area (Å²) in [6.07, 6.45) is 1.32. The van der Waals surface area contributed by atoms with Crippen molar-refractivity contribution in [2.75, 3.05) is 26.0 Å². The molecule has 0 heterocycles. The maximum absolute atomic E-state index is 13.1. The maximum Gasteiger partial charge on any atom is 0.242 e. The summed E-state index contributed by atoms with van der Waals surface area (Å²) in [5.41, 5.74) is 2.30. The molecule has 6 heteroatoms. The molecule has 0 radical (unpaired) electrons. The molecule has 0 aliphatic carbocycles. The van der Waals surface area contributed by atoms with E-state index in [0.717, 1.165) is 29.1 Å². The van der Waals surface area contributed by atoms with Gasteiger partial charge >= 0.3 is 0 Å². The molecule has 1 atom stereocenters. The molecule has 0 saturated heterocycles. The van der Waals surface area contributed by atoms with Gasteiger partial charge in [0.15, 0.2) is 0 Å². The number of carbonyl (C=O) groups excluding carboxylic acids is 2. The molecule has 0 aliphatic heterocycles. The fraction of sp³-hybridized carbons (Fsp3) is 0.417. The van der Waals surface area contributed by atoms with Gasteiger partial charge in [0.05, 0.1) is 12.9 Å². The number of ether oxygens (including phenoxy) is 1. The number of rotatable bonds is 12. The third-order valence-corrected chi connectivity index (χ3v) is 5.86.